The standard InChI is InChI=1S/C30H30F3N7O/c1-17(40-26-14-34-12-21(26)13-36-40)20-10-23-24(25(11-20)30(31,32)33)15-39(29(23)41)22-8-4-7-19(9-22)27(18-5-3-6-18)28-37-35-16-38(28)2/h4,7-11,13,16-18,27,34H,3,5-6,12,14-15H2,1-2H3/t17?,27-/m1/s1. The molecule has 212 valence electrons. The number of aromatic nitrogens is 5. The number of anilines is 1. The van der Waals surface area contributed by atoms with Crippen molar-refractivity contribution < 1.29 is 18.0 Å². The molecule has 7 rings (SSSR count). The highest BCUT2D eigenvalue weighted by Gasteiger charge is 2.41. The Labute approximate surface area is 235 Å². The number of carbonyl (C=O) groups excluding carboxylic acids is 1. The predicted octanol–water partition coefficient (Wildman–Crippen LogP) is 5.34. The van der Waals surface area contributed by atoms with Crippen molar-refractivity contribution in [3.8, 4) is 0 Å². The van der Waals surface area contributed by atoms with Gasteiger partial charge < -0.3 is 14.8 Å². The van der Waals surface area contributed by atoms with Crippen LogP contribution in [0.25, 0.3) is 0 Å². The second-order valence-electron chi connectivity index (χ2n) is 11.4. The molecule has 2 aromatic heterocycles. The van der Waals surface area contributed by atoms with E-state index < -0.39 is 23.7 Å². The molecule has 2 atom stereocenters. The van der Waals surface area contributed by atoms with E-state index in [0.717, 1.165) is 41.9 Å². The molecule has 0 radical (unpaired) electrons. The number of amides is 1. The van der Waals surface area contributed by atoms with Gasteiger partial charge in [-0.2, -0.15) is 18.3 Å². The maximum atomic E-state index is 14.4. The molecular formula is C30H30F3N7O. The van der Waals surface area contributed by atoms with Crippen molar-refractivity contribution >= 4 is 11.6 Å². The molecule has 1 unspecified atom stereocenters. The lowest BCUT2D eigenvalue weighted by atomic mass is 9.72. The number of aryl methyl sites for hydroxylation is 1. The van der Waals surface area contributed by atoms with Gasteiger partial charge in [-0.05, 0) is 66.6 Å². The topological polar surface area (TPSA) is 80.9 Å². The molecule has 0 spiro atoms. The van der Waals surface area contributed by atoms with Gasteiger partial charge in [0.05, 0.1) is 30.0 Å². The van der Waals surface area contributed by atoms with Crippen LogP contribution in [0.5, 0.6) is 0 Å². The van der Waals surface area contributed by atoms with Gasteiger partial charge in [0.15, 0.2) is 0 Å². The molecule has 0 saturated heterocycles. The summed E-state index contributed by atoms with van der Waals surface area (Å²) < 4.78 is 46.9. The Bertz CT molecular complexity index is 1650. The number of nitrogens with one attached hydrogen (secondary N) is 1. The first-order valence-electron chi connectivity index (χ1n) is 14.0. The zero-order valence-corrected chi connectivity index (χ0v) is 22.8. The van der Waals surface area contributed by atoms with Crippen LogP contribution in [0.2, 0.25) is 0 Å². The minimum absolute atomic E-state index is 0.000224. The number of carbonyl (C=O) groups is 1. The molecule has 4 aromatic rings. The monoisotopic (exact) mass is 561 g/mol. The Morgan fingerprint density at radius 3 is 2.63 bits per heavy atom. The van der Waals surface area contributed by atoms with Crippen molar-refractivity contribution in [2.24, 2.45) is 13.0 Å². The first-order chi connectivity index (χ1) is 19.7. The van der Waals surface area contributed by atoms with Gasteiger partial charge >= 0.3 is 6.18 Å². The molecule has 0 bridgehead atoms. The number of fused-ring (bicyclic) bond motifs is 2. The number of hydrogen-bond acceptors (Lipinski definition) is 5. The minimum atomic E-state index is -4.61. The van der Waals surface area contributed by atoms with Crippen LogP contribution >= 0.6 is 0 Å². The van der Waals surface area contributed by atoms with E-state index in [1.54, 1.807) is 29.3 Å². The number of benzene rings is 2. The molecule has 1 N–H and O–H groups in total. The summed E-state index contributed by atoms with van der Waals surface area (Å²) in [5, 5.41) is 16.1. The number of nitrogens with zero attached hydrogens (tertiary/aromatic N) is 6. The van der Waals surface area contributed by atoms with Gasteiger partial charge in [-0.1, -0.05) is 18.6 Å². The average Bonchev–Trinajstić information content (AvgIpc) is 3.70. The van der Waals surface area contributed by atoms with Gasteiger partial charge in [0.2, 0.25) is 0 Å². The summed E-state index contributed by atoms with van der Waals surface area (Å²) >= 11 is 0. The van der Waals surface area contributed by atoms with Crippen LogP contribution in [0.1, 0.15) is 87.8 Å². The quantitative estimate of drug-likeness (QED) is 0.344. The molecule has 2 aliphatic heterocycles. The Morgan fingerprint density at radius 1 is 1.10 bits per heavy atom. The zero-order valence-electron chi connectivity index (χ0n) is 22.8. The second kappa shape index (κ2) is 9.54. The van der Waals surface area contributed by atoms with Crippen LogP contribution in [0.4, 0.5) is 18.9 Å². The van der Waals surface area contributed by atoms with Gasteiger partial charge in [0.25, 0.3) is 5.91 Å². The van der Waals surface area contributed by atoms with Gasteiger partial charge in [-0.25, -0.2) is 0 Å². The molecule has 11 heteroatoms. The number of hydrogen-bond donors (Lipinski definition) is 1. The summed E-state index contributed by atoms with van der Waals surface area (Å²) in [7, 11) is 1.91. The van der Waals surface area contributed by atoms with Crippen molar-refractivity contribution in [2.75, 3.05) is 4.90 Å². The van der Waals surface area contributed by atoms with E-state index >= 15 is 0 Å². The Hall–Kier alpha value is -3.99. The first kappa shape index (κ1) is 25.9. The molecule has 2 aromatic carbocycles. The normalized spacial score (nSPS) is 18.4. The maximum Gasteiger partial charge on any atom is 0.416 e. The Balaban J connectivity index is 1.26. The molecule has 8 nitrogen and oxygen atoms in total. The van der Waals surface area contributed by atoms with Crippen molar-refractivity contribution in [2.45, 2.75) is 64.0 Å². The lowest BCUT2D eigenvalue weighted by Gasteiger charge is -2.33. The van der Waals surface area contributed by atoms with Gasteiger partial charge in [0, 0.05) is 42.9 Å². The van der Waals surface area contributed by atoms with E-state index in [1.165, 1.54) is 11.0 Å². The van der Waals surface area contributed by atoms with Crippen LogP contribution in [-0.2, 0) is 32.9 Å². The summed E-state index contributed by atoms with van der Waals surface area (Å²) in [6, 6.07) is 9.94. The van der Waals surface area contributed by atoms with E-state index in [0.29, 0.717) is 30.3 Å². The fourth-order valence-corrected chi connectivity index (χ4v) is 6.55. The summed E-state index contributed by atoms with van der Waals surface area (Å²) in [6.45, 7) is 2.97. The van der Waals surface area contributed by atoms with Gasteiger partial charge in [0.1, 0.15) is 12.2 Å². The van der Waals surface area contributed by atoms with E-state index in [2.05, 4.69) is 20.6 Å². The number of alkyl halides is 3. The van der Waals surface area contributed by atoms with E-state index in [1.807, 2.05) is 36.7 Å². The van der Waals surface area contributed by atoms with Gasteiger partial charge in [-0.3, -0.25) is 9.48 Å². The Kier molecular flexibility index (Phi) is 6.04. The molecule has 1 amide bonds. The lowest BCUT2D eigenvalue weighted by molar-refractivity contribution is -0.138. The van der Waals surface area contributed by atoms with Crippen molar-refractivity contribution in [1.29, 1.82) is 0 Å². The first-order valence-corrected chi connectivity index (χ1v) is 14.0. The molecular weight excluding hydrogens is 531 g/mol. The summed E-state index contributed by atoms with van der Waals surface area (Å²) in [4.78, 5) is 15.2. The number of rotatable bonds is 6. The van der Waals surface area contributed by atoms with Crippen LogP contribution < -0.4 is 10.2 Å². The molecule has 41 heavy (non-hydrogen) atoms. The van der Waals surface area contributed by atoms with Crippen LogP contribution in [0.3, 0.4) is 0 Å². The Morgan fingerprint density at radius 2 is 1.93 bits per heavy atom. The molecule has 1 saturated carbocycles. The summed E-state index contributed by atoms with van der Waals surface area (Å²) in [5.41, 5.74) is 3.31. The van der Waals surface area contributed by atoms with Gasteiger partial charge in [-0.15, -0.1) is 10.2 Å². The second-order valence-corrected chi connectivity index (χ2v) is 11.4. The fraction of sp³-hybridized carbons (Fsp3) is 0.400. The largest absolute Gasteiger partial charge is 0.416 e. The maximum absolute atomic E-state index is 14.4. The fourth-order valence-electron chi connectivity index (χ4n) is 6.55. The zero-order chi connectivity index (χ0) is 28.5. The highest BCUT2D eigenvalue weighted by atomic mass is 19.4. The van der Waals surface area contributed by atoms with E-state index in [4.69, 9.17) is 0 Å². The van der Waals surface area contributed by atoms with Crippen LogP contribution in [-0.4, -0.2) is 30.5 Å². The van der Waals surface area contributed by atoms with Crippen LogP contribution in [0, 0.1) is 5.92 Å². The minimum Gasteiger partial charge on any atom is -0.320 e. The number of halogens is 3. The summed E-state index contributed by atoms with van der Waals surface area (Å²) in [5.74, 6) is 0.822. The highest BCUT2D eigenvalue weighted by Crippen LogP contribution is 2.45. The molecule has 3 aliphatic rings. The van der Waals surface area contributed by atoms with Crippen molar-refractivity contribution in [3.63, 3.8) is 0 Å². The molecule has 1 aliphatic carbocycles. The van der Waals surface area contributed by atoms with E-state index in [-0.39, 0.29) is 23.6 Å². The predicted molar refractivity (Wildman–Crippen MR) is 145 cm³/mol. The summed E-state index contributed by atoms with van der Waals surface area (Å²) in [6.07, 6.45) is 2.12. The average molecular weight is 562 g/mol. The van der Waals surface area contributed by atoms with Crippen molar-refractivity contribution in [1.82, 2.24) is 29.9 Å². The highest BCUT2D eigenvalue weighted by molar-refractivity contribution is 6.10. The van der Waals surface area contributed by atoms with E-state index in [9.17, 15) is 18.0 Å². The third-order valence-electron chi connectivity index (χ3n) is 9.00. The smallest absolute Gasteiger partial charge is 0.320 e. The molecule has 1 fully saturated rings. The SMILES string of the molecule is CC(c1cc2c(c(C(F)(F)F)c1)CN(c1cccc([C@H](c3nncn3C)C3CCC3)c1)C2=O)n1ncc2c1CNC2. The van der Waals surface area contributed by atoms with Crippen LogP contribution in [0.15, 0.2) is 48.9 Å². The van der Waals surface area contributed by atoms with Crippen molar-refractivity contribution in [3.05, 3.63) is 93.8 Å². The third kappa shape index (κ3) is 4.25. The third-order valence-corrected chi connectivity index (χ3v) is 9.00. The lowest BCUT2D eigenvalue weighted by Crippen LogP contribution is -2.25. The molecule has 4 heterocycles.